The molecule has 0 aliphatic heterocycles. The highest BCUT2D eigenvalue weighted by molar-refractivity contribution is 7.89. The Balaban J connectivity index is 1.69. The standard InChI is InChI=1S/C16H21N5O4S/c1-9-4-5-13(8-14(9)26(23,24)21-12-6-7-12)19-16(22)17-10(2)15-18-11(3)25-20-15/h4-5,8,10,12,21H,6-7H2,1-3H3,(H2,17,19,22). The largest absolute Gasteiger partial charge is 0.340 e. The number of benzene rings is 1. The summed E-state index contributed by atoms with van der Waals surface area (Å²) in [6.45, 7) is 5.09. The summed E-state index contributed by atoms with van der Waals surface area (Å²) in [6, 6.07) is 3.80. The highest BCUT2D eigenvalue weighted by Crippen LogP contribution is 2.25. The lowest BCUT2D eigenvalue weighted by Gasteiger charge is -2.14. The number of aryl methyl sites for hydroxylation is 2. The maximum absolute atomic E-state index is 12.4. The first-order valence-corrected chi connectivity index (χ1v) is 9.73. The Morgan fingerprint density at radius 2 is 2.04 bits per heavy atom. The van der Waals surface area contributed by atoms with Crippen LogP contribution in [0.25, 0.3) is 0 Å². The minimum Gasteiger partial charge on any atom is -0.340 e. The van der Waals surface area contributed by atoms with Gasteiger partial charge in [0.2, 0.25) is 15.9 Å². The average Bonchev–Trinajstić information content (AvgIpc) is 3.25. The van der Waals surface area contributed by atoms with Gasteiger partial charge in [-0.3, -0.25) is 0 Å². The van der Waals surface area contributed by atoms with E-state index in [2.05, 4.69) is 25.5 Å². The molecular formula is C16H21N5O4S. The molecule has 26 heavy (non-hydrogen) atoms. The molecule has 1 aromatic heterocycles. The average molecular weight is 379 g/mol. The lowest BCUT2D eigenvalue weighted by atomic mass is 10.2. The van der Waals surface area contributed by atoms with Gasteiger partial charge in [0.1, 0.15) is 0 Å². The number of carbonyl (C=O) groups is 1. The summed E-state index contributed by atoms with van der Waals surface area (Å²) in [7, 11) is -3.60. The van der Waals surface area contributed by atoms with Crippen molar-refractivity contribution in [1.82, 2.24) is 20.2 Å². The number of sulfonamides is 1. The molecule has 1 heterocycles. The van der Waals surface area contributed by atoms with E-state index in [0.29, 0.717) is 23.0 Å². The minimum absolute atomic E-state index is 0.0126. The van der Waals surface area contributed by atoms with Crippen LogP contribution >= 0.6 is 0 Å². The quantitative estimate of drug-likeness (QED) is 0.705. The van der Waals surface area contributed by atoms with Crippen molar-refractivity contribution in [2.45, 2.75) is 50.6 Å². The van der Waals surface area contributed by atoms with E-state index in [4.69, 9.17) is 4.52 Å². The van der Waals surface area contributed by atoms with Gasteiger partial charge in [-0.25, -0.2) is 17.9 Å². The fraction of sp³-hybridized carbons (Fsp3) is 0.438. The lowest BCUT2D eigenvalue weighted by Crippen LogP contribution is -2.32. The van der Waals surface area contributed by atoms with Crippen LogP contribution in [0.4, 0.5) is 10.5 Å². The Bertz CT molecular complexity index is 920. The minimum atomic E-state index is -3.60. The number of nitrogens with one attached hydrogen (secondary N) is 3. The Labute approximate surface area is 151 Å². The van der Waals surface area contributed by atoms with E-state index in [1.165, 1.54) is 6.07 Å². The van der Waals surface area contributed by atoms with Crippen LogP contribution < -0.4 is 15.4 Å². The third kappa shape index (κ3) is 4.38. The number of hydrogen-bond acceptors (Lipinski definition) is 6. The zero-order valence-corrected chi connectivity index (χ0v) is 15.6. The van der Waals surface area contributed by atoms with Crippen LogP contribution in [0, 0.1) is 13.8 Å². The summed E-state index contributed by atoms with van der Waals surface area (Å²) in [4.78, 5) is 16.4. The normalized spacial score (nSPS) is 15.5. The van der Waals surface area contributed by atoms with Gasteiger partial charge < -0.3 is 15.2 Å². The molecule has 0 radical (unpaired) electrons. The first kappa shape index (κ1) is 18.3. The molecule has 2 aromatic rings. The van der Waals surface area contributed by atoms with E-state index in [1.807, 2.05) is 0 Å². The van der Waals surface area contributed by atoms with Gasteiger partial charge in [0.25, 0.3) is 0 Å². The van der Waals surface area contributed by atoms with E-state index in [0.717, 1.165) is 12.8 Å². The molecule has 1 saturated carbocycles. The van der Waals surface area contributed by atoms with Gasteiger partial charge in [0.05, 0.1) is 10.9 Å². The molecule has 140 valence electrons. The van der Waals surface area contributed by atoms with Crippen LogP contribution in [-0.2, 0) is 10.0 Å². The van der Waals surface area contributed by atoms with Gasteiger partial charge >= 0.3 is 6.03 Å². The predicted molar refractivity (Wildman–Crippen MR) is 94.1 cm³/mol. The number of amides is 2. The summed E-state index contributed by atoms with van der Waals surface area (Å²) in [5.74, 6) is 0.768. The second-order valence-electron chi connectivity index (χ2n) is 6.37. The van der Waals surface area contributed by atoms with E-state index in [-0.39, 0.29) is 10.9 Å². The van der Waals surface area contributed by atoms with Gasteiger partial charge in [-0.1, -0.05) is 11.2 Å². The number of hydrogen-bond donors (Lipinski definition) is 3. The third-order valence-corrected chi connectivity index (χ3v) is 5.58. The summed E-state index contributed by atoms with van der Waals surface area (Å²) < 4.78 is 32.4. The van der Waals surface area contributed by atoms with E-state index in [1.54, 1.807) is 32.9 Å². The molecule has 3 N–H and O–H groups in total. The molecule has 0 saturated heterocycles. The smallest absolute Gasteiger partial charge is 0.319 e. The van der Waals surface area contributed by atoms with Crippen molar-refractivity contribution in [2.75, 3.05) is 5.32 Å². The molecule has 1 atom stereocenters. The fourth-order valence-corrected chi connectivity index (χ4v) is 3.95. The fourth-order valence-electron chi connectivity index (χ4n) is 2.37. The Morgan fingerprint density at radius 3 is 2.65 bits per heavy atom. The molecule has 3 rings (SSSR count). The van der Waals surface area contributed by atoms with Crippen LogP contribution in [0.15, 0.2) is 27.6 Å². The number of anilines is 1. The van der Waals surface area contributed by atoms with Crippen LogP contribution in [-0.4, -0.2) is 30.6 Å². The lowest BCUT2D eigenvalue weighted by molar-refractivity contribution is 0.248. The van der Waals surface area contributed by atoms with Crippen molar-refractivity contribution >= 4 is 21.7 Å². The molecule has 1 aromatic carbocycles. The highest BCUT2D eigenvalue weighted by Gasteiger charge is 2.29. The zero-order valence-electron chi connectivity index (χ0n) is 14.7. The van der Waals surface area contributed by atoms with Crippen molar-refractivity contribution in [2.24, 2.45) is 0 Å². The maximum atomic E-state index is 12.4. The van der Waals surface area contributed by atoms with Gasteiger partial charge in [0, 0.05) is 18.7 Å². The molecule has 1 fully saturated rings. The van der Waals surface area contributed by atoms with Gasteiger partial charge in [-0.15, -0.1) is 0 Å². The molecule has 0 bridgehead atoms. The van der Waals surface area contributed by atoms with Gasteiger partial charge in [-0.2, -0.15) is 4.98 Å². The maximum Gasteiger partial charge on any atom is 0.319 e. The van der Waals surface area contributed by atoms with E-state index < -0.39 is 22.1 Å². The zero-order chi connectivity index (χ0) is 18.9. The van der Waals surface area contributed by atoms with Crippen molar-refractivity contribution in [3.63, 3.8) is 0 Å². The van der Waals surface area contributed by atoms with Crippen molar-refractivity contribution in [3.8, 4) is 0 Å². The highest BCUT2D eigenvalue weighted by atomic mass is 32.2. The number of urea groups is 1. The van der Waals surface area contributed by atoms with Crippen molar-refractivity contribution in [3.05, 3.63) is 35.5 Å². The molecule has 1 aliphatic carbocycles. The van der Waals surface area contributed by atoms with Crippen molar-refractivity contribution < 1.29 is 17.7 Å². The van der Waals surface area contributed by atoms with Crippen molar-refractivity contribution in [1.29, 1.82) is 0 Å². The molecule has 1 aliphatic rings. The van der Waals surface area contributed by atoms with Crippen LogP contribution in [0.2, 0.25) is 0 Å². The SMILES string of the molecule is Cc1nc(C(C)NC(=O)Nc2ccc(C)c(S(=O)(=O)NC3CC3)c2)no1. The van der Waals surface area contributed by atoms with E-state index >= 15 is 0 Å². The Kier molecular flexibility index (Phi) is 4.97. The summed E-state index contributed by atoms with van der Waals surface area (Å²) in [6.07, 6.45) is 1.71. The second-order valence-corrected chi connectivity index (χ2v) is 8.05. The van der Waals surface area contributed by atoms with E-state index in [9.17, 15) is 13.2 Å². The Morgan fingerprint density at radius 1 is 1.31 bits per heavy atom. The number of carbonyl (C=O) groups excluding carboxylic acids is 1. The first-order chi connectivity index (χ1) is 12.2. The van der Waals surface area contributed by atoms with Crippen LogP contribution in [0.1, 0.15) is 43.1 Å². The topological polar surface area (TPSA) is 126 Å². The van der Waals surface area contributed by atoms with Gasteiger partial charge in [0.15, 0.2) is 5.82 Å². The molecule has 1 unspecified atom stereocenters. The Hall–Kier alpha value is -2.46. The second kappa shape index (κ2) is 7.04. The number of nitrogens with zero attached hydrogens (tertiary/aromatic N) is 2. The first-order valence-electron chi connectivity index (χ1n) is 8.25. The monoisotopic (exact) mass is 379 g/mol. The predicted octanol–water partition coefficient (Wildman–Crippen LogP) is 2.01. The summed E-state index contributed by atoms with van der Waals surface area (Å²) in [5.41, 5.74) is 0.987. The summed E-state index contributed by atoms with van der Waals surface area (Å²) >= 11 is 0. The molecule has 2 amide bonds. The molecule has 9 nitrogen and oxygen atoms in total. The third-order valence-electron chi connectivity index (χ3n) is 3.91. The molecule has 0 spiro atoms. The summed E-state index contributed by atoms with van der Waals surface area (Å²) in [5, 5.41) is 9.05. The number of rotatable bonds is 6. The van der Waals surface area contributed by atoms with Gasteiger partial charge in [-0.05, 0) is 44.4 Å². The van der Waals surface area contributed by atoms with Crippen LogP contribution in [0.3, 0.4) is 0 Å². The molecular weight excluding hydrogens is 358 g/mol. The number of aromatic nitrogens is 2. The molecule has 10 heteroatoms. The van der Waals surface area contributed by atoms with Crippen LogP contribution in [0.5, 0.6) is 0 Å².